The van der Waals surface area contributed by atoms with E-state index in [-0.39, 0.29) is 10.4 Å². The summed E-state index contributed by atoms with van der Waals surface area (Å²) >= 11 is 1.51. The Kier molecular flexibility index (Phi) is 4.25. The molecule has 1 atom stereocenters. The van der Waals surface area contributed by atoms with Crippen LogP contribution < -0.4 is 5.73 Å². The average Bonchev–Trinajstić information content (AvgIpc) is 2.97. The molecule has 0 amide bonds. The molecule has 0 radical (unpaired) electrons. The van der Waals surface area contributed by atoms with Crippen molar-refractivity contribution in [1.29, 1.82) is 0 Å². The summed E-state index contributed by atoms with van der Waals surface area (Å²) in [6, 6.07) is 11.8. The normalized spacial score (nSPS) is 22.2. The first-order valence-corrected chi connectivity index (χ1v) is 9.25. The smallest absolute Gasteiger partial charge is 0.134 e. The minimum absolute atomic E-state index is 0.215. The quantitative estimate of drug-likeness (QED) is 0.906. The predicted molar refractivity (Wildman–Crippen MR) is 97.3 cm³/mol. The molecule has 0 saturated carbocycles. The number of thioether (sulfide) groups is 1. The van der Waals surface area contributed by atoms with E-state index < -0.39 is 11.6 Å². The number of nitrogens with zero attached hydrogens (tertiary/aromatic N) is 2. The molecule has 1 spiro atoms. The maximum absolute atomic E-state index is 14.3. The summed E-state index contributed by atoms with van der Waals surface area (Å²) in [5.74, 6) is -0.920. The second kappa shape index (κ2) is 6.42. The van der Waals surface area contributed by atoms with Crippen LogP contribution in [0.15, 0.2) is 47.6 Å². The Morgan fingerprint density at radius 1 is 1.20 bits per heavy atom. The summed E-state index contributed by atoms with van der Waals surface area (Å²) in [6.07, 6.45) is 2.96. The second-order valence-electron chi connectivity index (χ2n) is 6.34. The van der Waals surface area contributed by atoms with Crippen molar-refractivity contribution in [1.82, 2.24) is 5.01 Å². The van der Waals surface area contributed by atoms with Crippen LogP contribution in [-0.4, -0.2) is 23.1 Å². The number of nitrogens with two attached hydrogens (primary N) is 1. The minimum atomic E-state index is -0.463. The zero-order valence-electron chi connectivity index (χ0n) is 13.7. The van der Waals surface area contributed by atoms with Gasteiger partial charge in [-0.2, -0.15) is 5.10 Å². The van der Waals surface area contributed by atoms with Gasteiger partial charge in [-0.1, -0.05) is 36.0 Å². The first-order valence-electron chi connectivity index (χ1n) is 8.43. The third-order valence-corrected chi connectivity index (χ3v) is 6.26. The Hall–Kier alpha value is -1.92. The monoisotopic (exact) mass is 359 g/mol. The van der Waals surface area contributed by atoms with E-state index in [1.165, 1.54) is 29.0 Å². The Morgan fingerprint density at radius 2 is 2.04 bits per heavy atom. The van der Waals surface area contributed by atoms with E-state index in [0.29, 0.717) is 18.1 Å². The van der Waals surface area contributed by atoms with E-state index in [9.17, 15) is 8.78 Å². The maximum Gasteiger partial charge on any atom is 0.134 e. The number of benzene rings is 2. The number of rotatable bonds is 3. The number of hydrogen-bond acceptors (Lipinski definition) is 4. The van der Waals surface area contributed by atoms with Crippen molar-refractivity contribution >= 4 is 16.8 Å². The minimum Gasteiger partial charge on any atom is -0.329 e. The van der Waals surface area contributed by atoms with Crippen LogP contribution in [0.1, 0.15) is 29.5 Å². The molecule has 0 saturated heterocycles. The lowest BCUT2D eigenvalue weighted by Crippen LogP contribution is -2.42. The fourth-order valence-corrected chi connectivity index (χ4v) is 5.21. The SMILES string of the molecule is NCCN1N=C(c2cc(F)ccc2F)SC12CCCc1ccccc12. The largest absolute Gasteiger partial charge is 0.329 e. The van der Waals surface area contributed by atoms with Crippen LogP contribution in [0, 0.1) is 11.6 Å². The molecule has 2 N–H and O–H groups in total. The molecule has 1 unspecified atom stereocenters. The fourth-order valence-electron chi connectivity index (χ4n) is 3.69. The van der Waals surface area contributed by atoms with Crippen molar-refractivity contribution in [2.24, 2.45) is 10.8 Å². The van der Waals surface area contributed by atoms with Crippen molar-refractivity contribution in [2.45, 2.75) is 24.1 Å². The maximum atomic E-state index is 14.3. The van der Waals surface area contributed by atoms with Crippen LogP contribution in [0.25, 0.3) is 0 Å². The van der Waals surface area contributed by atoms with Gasteiger partial charge in [0.25, 0.3) is 0 Å². The van der Waals surface area contributed by atoms with E-state index in [2.05, 4.69) is 17.2 Å². The molecule has 3 nitrogen and oxygen atoms in total. The van der Waals surface area contributed by atoms with Crippen molar-refractivity contribution in [3.8, 4) is 0 Å². The summed E-state index contributed by atoms with van der Waals surface area (Å²) in [5.41, 5.74) is 8.51. The van der Waals surface area contributed by atoms with Crippen LogP contribution in [0.5, 0.6) is 0 Å². The zero-order chi connectivity index (χ0) is 17.4. The van der Waals surface area contributed by atoms with Gasteiger partial charge in [-0.15, -0.1) is 0 Å². The number of fused-ring (bicyclic) bond motifs is 2. The van der Waals surface area contributed by atoms with E-state index in [1.54, 1.807) is 0 Å². The molecular weight excluding hydrogens is 340 g/mol. The van der Waals surface area contributed by atoms with Crippen molar-refractivity contribution < 1.29 is 8.78 Å². The third-order valence-electron chi connectivity index (χ3n) is 4.79. The van der Waals surface area contributed by atoms with E-state index in [4.69, 9.17) is 5.73 Å². The Balaban J connectivity index is 1.80. The topological polar surface area (TPSA) is 41.6 Å². The van der Waals surface area contributed by atoms with Gasteiger partial charge in [0.2, 0.25) is 0 Å². The summed E-state index contributed by atoms with van der Waals surface area (Å²) < 4.78 is 27.9. The Labute approximate surface area is 149 Å². The van der Waals surface area contributed by atoms with Crippen molar-refractivity contribution in [3.63, 3.8) is 0 Å². The molecular formula is C19H19F2N3S. The highest BCUT2D eigenvalue weighted by Gasteiger charge is 2.47. The highest BCUT2D eigenvalue weighted by atomic mass is 32.2. The van der Waals surface area contributed by atoms with E-state index >= 15 is 0 Å². The van der Waals surface area contributed by atoms with Crippen LogP contribution in [0.2, 0.25) is 0 Å². The predicted octanol–water partition coefficient (Wildman–Crippen LogP) is 3.82. The molecule has 2 aromatic carbocycles. The number of aryl methyl sites for hydroxylation is 1. The van der Waals surface area contributed by atoms with Gasteiger partial charge in [0.1, 0.15) is 21.5 Å². The van der Waals surface area contributed by atoms with Gasteiger partial charge in [0, 0.05) is 12.1 Å². The summed E-state index contributed by atoms with van der Waals surface area (Å²) in [5, 5.41) is 7.14. The Bertz CT molecular complexity index is 839. The van der Waals surface area contributed by atoms with Crippen molar-refractivity contribution in [3.05, 3.63) is 70.8 Å². The lowest BCUT2D eigenvalue weighted by atomic mass is 9.86. The lowest BCUT2D eigenvalue weighted by Gasteiger charge is -2.41. The molecule has 0 fully saturated rings. The van der Waals surface area contributed by atoms with Gasteiger partial charge in [0.15, 0.2) is 0 Å². The van der Waals surface area contributed by atoms with Crippen LogP contribution in [-0.2, 0) is 11.3 Å². The standard InChI is InChI=1S/C19H19F2N3S/c20-14-7-8-17(21)15(12-14)18-23-24(11-10-22)19(25-18)9-3-5-13-4-1-2-6-16(13)19/h1-2,4,6-8,12H,3,5,9-11,22H2. The molecule has 130 valence electrons. The first-order chi connectivity index (χ1) is 12.1. The number of halogens is 2. The first kappa shape index (κ1) is 16.5. The van der Waals surface area contributed by atoms with Gasteiger partial charge < -0.3 is 5.73 Å². The molecule has 0 bridgehead atoms. The molecule has 0 aromatic heterocycles. The number of hydrogen-bond donors (Lipinski definition) is 1. The zero-order valence-corrected chi connectivity index (χ0v) is 14.5. The van der Waals surface area contributed by atoms with Gasteiger partial charge in [0.05, 0.1) is 6.54 Å². The second-order valence-corrected chi connectivity index (χ2v) is 7.60. The van der Waals surface area contributed by atoms with E-state index in [1.807, 2.05) is 17.1 Å². The third kappa shape index (κ3) is 2.73. The van der Waals surface area contributed by atoms with Gasteiger partial charge in [-0.05, 0) is 48.6 Å². The molecule has 6 heteroatoms. The molecule has 1 heterocycles. The summed E-state index contributed by atoms with van der Waals surface area (Å²) in [4.78, 5) is -0.387. The molecule has 4 rings (SSSR count). The molecule has 2 aromatic rings. The van der Waals surface area contributed by atoms with Gasteiger partial charge in [-0.3, -0.25) is 5.01 Å². The fraction of sp³-hybridized carbons (Fsp3) is 0.316. The molecule has 1 aliphatic carbocycles. The van der Waals surface area contributed by atoms with Gasteiger partial charge >= 0.3 is 0 Å². The Morgan fingerprint density at radius 3 is 2.88 bits per heavy atom. The lowest BCUT2D eigenvalue weighted by molar-refractivity contribution is 0.167. The highest BCUT2D eigenvalue weighted by molar-refractivity contribution is 8.15. The van der Waals surface area contributed by atoms with Gasteiger partial charge in [-0.25, -0.2) is 8.78 Å². The van der Waals surface area contributed by atoms with E-state index in [0.717, 1.165) is 31.4 Å². The summed E-state index contributed by atoms with van der Waals surface area (Å²) in [7, 11) is 0. The molecule has 2 aliphatic rings. The summed E-state index contributed by atoms with van der Waals surface area (Å²) in [6.45, 7) is 1.02. The van der Waals surface area contributed by atoms with Crippen LogP contribution in [0.4, 0.5) is 8.78 Å². The van der Waals surface area contributed by atoms with Crippen molar-refractivity contribution in [2.75, 3.05) is 13.1 Å². The molecule has 25 heavy (non-hydrogen) atoms. The van der Waals surface area contributed by atoms with Crippen LogP contribution in [0.3, 0.4) is 0 Å². The molecule has 1 aliphatic heterocycles. The van der Waals surface area contributed by atoms with Crippen LogP contribution >= 0.6 is 11.8 Å². The highest BCUT2D eigenvalue weighted by Crippen LogP contribution is 2.53. The average molecular weight is 359 g/mol. The number of hydrazone groups is 1.